The van der Waals surface area contributed by atoms with E-state index in [0.29, 0.717) is 0 Å². The molecule has 2 rings (SSSR count). The molecule has 1 aliphatic heterocycles. The summed E-state index contributed by atoms with van der Waals surface area (Å²) in [5.74, 6) is 0.175. The second-order valence-electron chi connectivity index (χ2n) is 7.81. The maximum absolute atomic E-state index is 12.2. The SMILES string of the molecule is CCC/C=C(\C=C1/CN(CCN(CC)CC)c2ccc(C(C)=O)c(C)c21)C(C)=O. The lowest BCUT2D eigenvalue weighted by Crippen LogP contribution is -2.34. The first kappa shape index (κ1) is 23.1. The van der Waals surface area contributed by atoms with Crippen molar-refractivity contribution in [2.75, 3.05) is 37.6 Å². The third-order valence-corrected chi connectivity index (χ3v) is 5.82. The Morgan fingerprint density at radius 3 is 2.38 bits per heavy atom. The van der Waals surface area contributed by atoms with Crippen LogP contribution in [0.25, 0.3) is 5.57 Å². The third kappa shape index (κ3) is 5.45. The number of hydrogen-bond acceptors (Lipinski definition) is 4. The van der Waals surface area contributed by atoms with E-state index in [9.17, 15) is 9.59 Å². The van der Waals surface area contributed by atoms with Gasteiger partial charge in [0.25, 0.3) is 0 Å². The van der Waals surface area contributed by atoms with Gasteiger partial charge in [-0.25, -0.2) is 0 Å². The largest absolute Gasteiger partial charge is 0.365 e. The highest BCUT2D eigenvalue weighted by Gasteiger charge is 2.27. The van der Waals surface area contributed by atoms with Gasteiger partial charge in [-0.15, -0.1) is 0 Å². The van der Waals surface area contributed by atoms with Crippen LogP contribution in [0.3, 0.4) is 0 Å². The van der Waals surface area contributed by atoms with E-state index in [1.165, 1.54) is 5.69 Å². The number of Topliss-reactive ketones (excluding diaryl/α,β-unsaturated/α-hetero) is 2. The molecule has 0 saturated heterocycles. The Balaban J connectivity index is 2.49. The fraction of sp³-hybridized carbons (Fsp3) is 0.520. The van der Waals surface area contributed by atoms with Crippen LogP contribution in [0.5, 0.6) is 0 Å². The molecule has 0 spiro atoms. The molecular weight excluding hydrogens is 360 g/mol. The van der Waals surface area contributed by atoms with E-state index in [-0.39, 0.29) is 11.6 Å². The molecule has 0 radical (unpaired) electrons. The predicted octanol–water partition coefficient (Wildman–Crippen LogP) is 5.06. The van der Waals surface area contributed by atoms with Crippen LogP contribution in [0.2, 0.25) is 0 Å². The number of carbonyl (C=O) groups excluding carboxylic acids is 2. The average molecular weight is 397 g/mol. The molecule has 4 heteroatoms. The summed E-state index contributed by atoms with van der Waals surface area (Å²) < 4.78 is 0. The van der Waals surface area contributed by atoms with Gasteiger partial charge in [0.15, 0.2) is 11.6 Å². The van der Waals surface area contributed by atoms with Crippen LogP contribution < -0.4 is 4.90 Å². The van der Waals surface area contributed by atoms with E-state index in [4.69, 9.17) is 0 Å². The van der Waals surface area contributed by atoms with Crippen LogP contribution in [-0.2, 0) is 4.79 Å². The molecule has 0 amide bonds. The lowest BCUT2D eigenvalue weighted by atomic mass is 9.93. The van der Waals surface area contributed by atoms with Crippen molar-refractivity contribution in [3.63, 3.8) is 0 Å². The number of fused-ring (bicyclic) bond motifs is 1. The van der Waals surface area contributed by atoms with Crippen molar-refractivity contribution in [3.8, 4) is 0 Å². The summed E-state index contributed by atoms with van der Waals surface area (Å²) in [4.78, 5) is 29.1. The van der Waals surface area contributed by atoms with Crippen molar-refractivity contribution >= 4 is 22.8 Å². The van der Waals surface area contributed by atoms with E-state index in [0.717, 1.165) is 73.4 Å². The number of rotatable bonds is 10. The van der Waals surface area contributed by atoms with Crippen LogP contribution in [0, 0.1) is 6.92 Å². The van der Waals surface area contributed by atoms with Gasteiger partial charge in [0, 0.05) is 42.0 Å². The van der Waals surface area contributed by atoms with Crippen molar-refractivity contribution in [1.29, 1.82) is 0 Å². The van der Waals surface area contributed by atoms with Crippen molar-refractivity contribution < 1.29 is 9.59 Å². The lowest BCUT2D eigenvalue weighted by Gasteiger charge is -2.24. The summed E-state index contributed by atoms with van der Waals surface area (Å²) in [5, 5.41) is 0. The zero-order valence-electron chi connectivity index (χ0n) is 19.0. The van der Waals surface area contributed by atoms with E-state index >= 15 is 0 Å². The molecule has 0 unspecified atom stereocenters. The Hall–Kier alpha value is -2.20. The number of nitrogens with zero attached hydrogens (tertiary/aromatic N) is 2. The van der Waals surface area contributed by atoms with Crippen molar-refractivity contribution in [3.05, 3.63) is 46.5 Å². The molecule has 1 aromatic rings. The normalized spacial score (nSPS) is 15.3. The summed E-state index contributed by atoms with van der Waals surface area (Å²) in [6.07, 6.45) is 5.99. The Kier molecular flexibility index (Phi) is 8.39. The molecule has 0 aliphatic carbocycles. The molecule has 158 valence electrons. The zero-order chi connectivity index (χ0) is 21.6. The fourth-order valence-corrected chi connectivity index (χ4v) is 4.03. The van der Waals surface area contributed by atoms with Crippen LogP contribution >= 0.6 is 0 Å². The highest BCUT2D eigenvalue weighted by Crippen LogP contribution is 2.40. The maximum Gasteiger partial charge on any atom is 0.160 e. The highest BCUT2D eigenvalue weighted by molar-refractivity contribution is 6.02. The van der Waals surface area contributed by atoms with Gasteiger partial charge in [-0.2, -0.15) is 0 Å². The molecule has 0 fully saturated rings. The van der Waals surface area contributed by atoms with E-state index in [1.807, 2.05) is 25.1 Å². The minimum atomic E-state index is 0.0829. The number of hydrogen-bond donors (Lipinski definition) is 0. The molecule has 0 aromatic heterocycles. The molecule has 1 aromatic carbocycles. The smallest absolute Gasteiger partial charge is 0.160 e. The minimum absolute atomic E-state index is 0.0829. The summed E-state index contributed by atoms with van der Waals surface area (Å²) in [6.45, 7) is 16.5. The molecule has 29 heavy (non-hydrogen) atoms. The molecule has 0 N–H and O–H groups in total. The molecule has 1 aliphatic rings. The molecule has 4 nitrogen and oxygen atoms in total. The van der Waals surface area contributed by atoms with Gasteiger partial charge in [0.2, 0.25) is 0 Å². The van der Waals surface area contributed by atoms with Crippen LogP contribution in [0.4, 0.5) is 5.69 Å². The van der Waals surface area contributed by atoms with E-state index in [2.05, 4.69) is 36.6 Å². The lowest BCUT2D eigenvalue weighted by molar-refractivity contribution is -0.113. The first-order valence-electron chi connectivity index (χ1n) is 10.9. The number of ketones is 2. The molecule has 0 atom stereocenters. The standard InChI is InChI=1S/C25H36N2O2/c1-7-10-11-21(19(5)28)16-22-17-27(15-14-26(8-2)9-3)24-13-12-23(20(6)29)18(4)25(22)24/h11-13,16H,7-10,14-15,17H2,1-6H3/b21-11+,22-16+. The Labute approximate surface area is 176 Å². The summed E-state index contributed by atoms with van der Waals surface area (Å²) in [5.41, 5.74) is 5.99. The molecule has 0 saturated carbocycles. The summed E-state index contributed by atoms with van der Waals surface area (Å²) in [6, 6.07) is 4.02. The second kappa shape index (κ2) is 10.5. The number of anilines is 1. The van der Waals surface area contributed by atoms with Crippen LogP contribution in [0.15, 0.2) is 29.9 Å². The Morgan fingerprint density at radius 1 is 1.14 bits per heavy atom. The second-order valence-corrected chi connectivity index (χ2v) is 7.81. The number of carbonyl (C=O) groups is 2. The fourth-order valence-electron chi connectivity index (χ4n) is 4.03. The Bertz CT molecular complexity index is 816. The van der Waals surface area contributed by atoms with Crippen LogP contribution in [-0.4, -0.2) is 49.2 Å². The minimum Gasteiger partial charge on any atom is -0.365 e. The van der Waals surface area contributed by atoms with Gasteiger partial charge in [-0.1, -0.05) is 33.3 Å². The van der Waals surface area contributed by atoms with Crippen molar-refractivity contribution in [2.45, 2.75) is 54.4 Å². The van der Waals surface area contributed by atoms with Gasteiger partial charge in [0.05, 0.1) is 0 Å². The van der Waals surface area contributed by atoms with Gasteiger partial charge >= 0.3 is 0 Å². The molecular formula is C25H36N2O2. The van der Waals surface area contributed by atoms with Crippen LogP contribution in [0.1, 0.15) is 68.9 Å². The number of unbranched alkanes of at least 4 members (excludes halogenated alkanes) is 1. The van der Waals surface area contributed by atoms with Crippen molar-refractivity contribution in [1.82, 2.24) is 4.90 Å². The summed E-state index contributed by atoms with van der Waals surface area (Å²) >= 11 is 0. The van der Waals surface area contributed by atoms with E-state index < -0.39 is 0 Å². The monoisotopic (exact) mass is 396 g/mol. The van der Waals surface area contributed by atoms with Gasteiger partial charge in [-0.05, 0) is 69.6 Å². The van der Waals surface area contributed by atoms with Gasteiger partial charge in [0.1, 0.15) is 0 Å². The molecule has 1 heterocycles. The van der Waals surface area contributed by atoms with E-state index in [1.54, 1.807) is 13.8 Å². The summed E-state index contributed by atoms with van der Waals surface area (Å²) in [7, 11) is 0. The average Bonchev–Trinajstić information content (AvgIpc) is 3.04. The topological polar surface area (TPSA) is 40.6 Å². The third-order valence-electron chi connectivity index (χ3n) is 5.82. The van der Waals surface area contributed by atoms with Gasteiger partial charge < -0.3 is 9.80 Å². The quantitative estimate of drug-likeness (QED) is 0.409. The number of allylic oxidation sites excluding steroid dienone is 3. The van der Waals surface area contributed by atoms with Gasteiger partial charge in [-0.3, -0.25) is 9.59 Å². The predicted molar refractivity (Wildman–Crippen MR) is 123 cm³/mol. The molecule has 0 bridgehead atoms. The number of benzene rings is 1. The van der Waals surface area contributed by atoms with Crippen molar-refractivity contribution in [2.24, 2.45) is 0 Å². The number of likely N-dealkylation sites (N-methyl/N-ethyl adjacent to an activating group) is 1. The first-order valence-corrected chi connectivity index (χ1v) is 10.9. The Morgan fingerprint density at radius 2 is 1.83 bits per heavy atom. The highest BCUT2D eigenvalue weighted by atomic mass is 16.1. The zero-order valence-corrected chi connectivity index (χ0v) is 19.0. The maximum atomic E-state index is 12.2. The first-order chi connectivity index (χ1) is 13.8.